The van der Waals surface area contributed by atoms with E-state index in [1.807, 2.05) is 43.3 Å². The molecule has 2 aromatic carbocycles. The Morgan fingerprint density at radius 2 is 1.95 bits per heavy atom. The SMILES string of the molecule is Cc1cccc(-c2nc(-c3cccc(N)c3)no2)c1Cl. The minimum atomic E-state index is 0.399. The largest absolute Gasteiger partial charge is 0.399 e. The van der Waals surface area contributed by atoms with Crippen LogP contribution in [0.4, 0.5) is 5.69 Å². The Labute approximate surface area is 121 Å². The molecule has 3 rings (SSSR count). The highest BCUT2D eigenvalue weighted by Crippen LogP contribution is 2.30. The average molecular weight is 286 g/mol. The van der Waals surface area contributed by atoms with Crippen LogP contribution in [-0.2, 0) is 0 Å². The molecule has 0 spiro atoms. The number of nitrogens with zero attached hydrogens (tertiary/aromatic N) is 2. The zero-order chi connectivity index (χ0) is 14.1. The van der Waals surface area contributed by atoms with Gasteiger partial charge < -0.3 is 10.3 Å². The Balaban J connectivity index is 2.04. The van der Waals surface area contributed by atoms with Crippen LogP contribution in [0.2, 0.25) is 5.02 Å². The van der Waals surface area contributed by atoms with Crippen LogP contribution in [0, 0.1) is 6.92 Å². The third-order valence-corrected chi connectivity index (χ3v) is 3.49. The zero-order valence-electron chi connectivity index (χ0n) is 10.8. The van der Waals surface area contributed by atoms with Crippen LogP contribution >= 0.6 is 11.6 Å². The van der Waals surface area contributed by atoms with Crippen molar-refractivity contribution in [1.82, 2.24) is 10.1 Å². The Kier molecular flexibility index (Phi) is 3.16. The topological polar surface area (TPSA) is 64.9 Å². The first-order valence-corrected chi connectivity index (χ1v) is 6.48. The molecule has 2 N–H and O–H groups in total. The minimum Gasteiger partial charge on any atom is -0.399 e. The van der Waals surface area contributed by atoms with Gasteiger partial charge in [-0.25, -0.2) is 0 Å². The van der Waals surface area contributed by atoms with E-state index in [2.05, 4.69) is 10.1 Å². The molecule has 0 aliphatic carbocycles. The van der Waals surface area contributed by atoms with Crippen LogP contribution < -0.4 is 5.73 Å². The number of nitrogen functional groups attached to an aromatic ring is 1. The maximum absolute atomic E-state index is 6.26. The first kappa shape index (κ1) is 12.7. The highest BCUT2D eigenvalue weighted by Gasteiger charge is 2.14. The van der Waals surface area contributed by atoms with Gasteiger partial charge in [0.25, 0.3) is 5.89 Å². The number of hydrogen-bond acceptors (Lipinski definition) is 4. The number of anilines is 1. The van der Waals surface area contributed by atoms with Gasteiger partial charge in [-0.1, -0.05) is 41.0 Å². The first-order valence-electron chi connectivity index (χ1n) is 6.10. The van der Waals surface area contributed by atoms with Crippen molar-refractivity contribution in [3.63, 3.8) is 0 Å². The van der Waals surface area contributed by atoms with Gasteiger partial charge in [-0.2, -0.15) is 4.98 Å². The summed E-state index contributed by atoms with van der Waals surface area (Å²) >= 11 is 6.26. The van der Waals surface area contributed by atoms with E-state index in [-0.39, 0.29) is 0 Å². The van der Waals surface area contributed by atoms with E-state index in [9.17, 15) is 0 Å². The average Bonchev–Trinajstić information content (AvgIpc) is 2.91. The number of aromatic nitrogens is 2. The molecule has 0 radical (unpaired) electrons. The summed E-state index contributed by atoms with van der Waals surface area (Å²) in [6.45, 7) is 1.93. The van der Waals surface area contributed by atoms with Crippen LogP contribution in [0.15, 0.2) is 47.0 Å². The van der Waals surface area contributed by atoms with Gasteiger partial charge >= 0.3 is 0 Å². The van der Waals surface area contributed by atoms with Crippen LogP contribution in [0.5, 0.6) is 0 Å². The summed E-state index contributed by atoms with van der Waals surface area (Å²) < 4.78 is 5.29. The number of aryl methyl sites for hydroxylation is 1. The fourth-order valence-electron chi connectivity index (χ4n) is 1.94. The quantitative estimate of drug-likeness (QED) is 0.724. The minimum absolute atomic E-state index is 0.399. The number of benzene rings is 2. The monoisotopic (exact) mass is 285 g/mol. The Hall–Kier alpha value is -2.33. The highest BCUT2D eigenvalue weighted by molar-refractivity contribution is 6.33. The molecular weight excluding hydrogens is 274 g/mol. The molecule has 0 bridgehead atoms. The van der Waals surface area contributed by atoms with E-state index in [0.29, 0.717) is 22.4 Å². The van der Waals surface area contributed by atoms with Gasteiger partial charge in [0.1, 0.15) is 0 Å². The molecule has 100 valence electrons. The van der Waals surface area contributed by atoms with E-state index in [1.165, 1.54) is 0 Å². The molecule has 0 aliphatic rings. The van der Waals surface area contributed by atoms with Gasteiger partial charge in [0.15, 0.2) is 0 Å². The fourth-order valence-corrected chi connectivity index (χ4v) is 2.15. The first-order chi connectivity index (χ1) is 9.65. The van der Waals surface area contributed by atoms with Crippen LogP contribution in [0.1, 0.15) is 5.56 Å². The van der Waals surface area contributed by atoms with Crippen molar-refractivity contribution < 1.29 is 4.52 Å². The molecule has 0 unspecified atom stereocenters. The number of nitrogens with two attached hydrogens (primary N) is 1. The molecule has 5 heteroatoms. The summed E-state index contributed by atoms with van der Waals surface area (Å²) in [5, 5.41) is 4.60. The summed E-state index contributed by atoms with van der Waals surface area (Å²) in [5.74, 6) is 0.890. The summed E-state index contributed by atoms with van der Waals surface area (Å²) in [7, 11) is 0. The summed E-state index contributed by atoms with van der Waals surface area (Å²) in [6.07, 6.45) is 0. The second-order valence-electron chi connectivity index (χ2n) is 4.49. The predicted octanol–water partition coefficient (Wildman–Crippen LogP) is 3.95. The maximum atomic E-state index is 6.26. The van der Waals surface area contributed by atoms with E-state index in [4.69, 9.17) is 21.9 Å². The van der Waals surface area contributed by atoms with Crippen LogP contribution in [0.25, 0.3) is 22.8 Å². The molecule has 1 heterocycles. The van der Waals surface area contributed by atoms with Crippen LogP contribution in [-0.4, -0.2) is 10.1 Å². The second-order valence-corrected chi connectivity index (χ2v) is 4.86. The summed E-state index contributed by atoms with van der Waals surface area (Å²) in [6, 6.07) is 13.0. The van der Waals surface area contributed by atoms with E-state index >= 15 is 0 Å². The van der Waals surface area contributed by atoms with Gasteiger partial charge in [-0.3, -0.25) is 0 Å². The van der Waals surface area contributed by atoms with E-state index < -0.39 is 0 Å². The molecular formula is C15H12ClN3O. The normalized spacial score (nSPS) is 10.7. The molecule has 0 amide bonds. The second kappa shape index (κ2) is 4.98. The molecule has 0 atom stereocenters. The molecule has 0 saturated carbocycles. The Morgan fingerprint density at radius 3 is 2.75 bits per heavy atom. The number of hydrogen-bond donors (Lipinski definition) is 1. The van der Waals surface area contributed by atoms with Crippen molar-refractivity contribution in [3.8, 4) is 22.8 Å². The van der Waals surface area contributed by atoms with Gasteiger partial charge in [-0.15, -0.1) is 0 Å². The molecule has 4 nitrogen and oxygen atoms in total. The molecule has 0 fully saturated rings. The lowest BCUT2D eigenvalue weighted by Gasteiger charge is -2.01. The molecule has 0 aliphatic heterocycles. The summed E-state index contributed by atoms with van der Waals surface area (Å²) in [4.78, 5) is 4.38. The van der Waals surface area contributed by atoms with Crippen molar-refractivity contribution in [2.75, 3.05) is 5.73 Å². The van der Waals surface area contributed by atoms with E-state index in [0.717, 1.165) is 16.7 Å². The van der Waals surface area contributed by atoms with Crippen LogP contribution in [0.3, 0.4) is 0 Å². The predicted molar refractivity (Wildman–Crippen MR) is 79.3 cm³/mol. The highest BCUT2D eigenvalue weighted by atomic mass is 35.5. The lowest BCUT2D eigenvalue weighted by molar-refractivity contribution is 0.432. The van der Waals surface area contributed by atoms with Crippen molar-refractivity contribution in [2.24, 2.45) is 0 Å². The number of halogens is 1. The smallest absolute Gasteiger partial charge is 0.259 e. The van der Waals surface area contributed by atoms with Crippen molar-refractivity contribution in [1.29, 1.82) is 0 Å². The zero-order valence-corrected chi connectivity index (χ0v) is 11.6. The maximum Gasteiger partial charge on any atom is 0.259 e. The molecule has 0 saturated heterocycles. The van der Waals surface area contributed by atoms with Crippen molar-refractivity contribution in [2.45, 2.75) is 6.92 Å². The Morgan fingerprint density at radius 1 is 1.15 bits per heavy atom. The molecule has 20 heavy (non-hydrogen) atoms. The Bertz CT molecular complexity index is 767. The van der Waals surface area contributed by atoms with Gasteiger partial charge in [-0.05, 0) is 30.7 Å². The summed E-state index contributed by atoms with van der Waals surface area (Å²) in [5.41, 5.74) is 8.91. The van der Waals surface area contributed by atoms with E-state index in [1.54, 1.807) is 6.07 Å². The third-order valence-electron chi connectivity index (χ3n) is 2.99. The number of rotatable bonds is 2. The van der Waals surface area contributed by atoms with Gasteiger partial charge in [0, 0.05) is 11.3 Å². The standard InChI is InChI=1S/C15H12ClN3O/c1-9-4-2-7-12(13(9)16)15-18-14(19-20-15)10-5-3-6-11(17)8-10/h2-8H,17H2,1H3. The lowest BCUT2D eigenvalue weighted by atomic mass is 10.1. The fraction of sp³-hybridized carbons (Fsp3) is 0.0667. The lowest BCUT2D eigenvalue weighted by Crippen LogP contribution is -1.87. The molecule has 3 aromatic rings. The van der Waals surface area contributed by atoms with Gasteiger partial charge in [0.2, 0.25) is 5.82 Å². The molecule has 1 aromatic heterocycles. The van der Waals surface area contributed by atoms with Gasteiger partial charge in [0.05, 0.1) is 10.6 Å². The third kappa shape index (κ3) is 2.26. The van der Waals surface area contributed by atoms with Crippen molar-refractivity contribution >= 4 is 17.3 Å². The van der Waals surface area contributed by atoms with Crippen molar-refractivity contribution in [3.05, 3.63) is 53.1 Å².